The van der Waals surface area contributed by atoms with Gasteiger partial charge in [0, 0.05) is 17.8 Å². The molecule has 2 atom stereocenters. The summed E-state index contributed by atoms with van der Waals surface area (Å²) in [5, 5.41) is 16.6. The fraction of sp³-hybridized carbons (Fsp3) is 0.360. The summed E-state index contributed by atoms with van der Waals surface area (Å²) in [6.07, 6.45) is -0.282. The lowest BCUT2D eigenvalue weighted by atomic mass is 9.98. The number of amides is 2. The highest BCUT2D eigenvalue weighted by Gasteiger charge is 2.31. The number of sulfonamides is 1. The molecule has 1 aromatic heterocycles. The molecule has 8 nitrogen and oxygen atoms in total. The van der Waals surface area contributed by atoms with Crippen LogP contribution in [0, 0.1) is 11.7 Å². The van der Waals surface area contributed by atoms with E-state index in [9.17, 15) is 27.5 Å². The lowest BCUT2D eigenvalue weighted by Gasteiger charge is -2.25. The first-order chi connectivity index (χ1) is 17.5. The van der Waals surface area contributed by atoms with Crippen molar-refractivity contribution in [3.05, 3.63) is 64.2 Å². The zero-order valence-corrected chi connectivity index (χ0v) is 22.7. The minimum absolute atomic E-state index is 0.0760. The number of fused-ring (bicyclic) bond motifs is 1. The monoisotopic (exact) mass is 569 g/mol. The zero-order chi connectivity index (χ0) is 27.2. The Morgan fingerprint density at radius 3 is 2.46 bits per heavy atom. The topological polar surface area (TPSA) is 125 Å². The third kappa shape index (κ3) is 7.71. The molecule has 12 heteroatoms. The molecule has 0 saturated carbocycles. The summed E-state index contributed by atoms with van der Waals surface area (Å²) < 4.78 is 41.2. The predicted molar refractivity (Wildman–Crippen MR) is 143 cm³/mol. The van der Waals surface area contributed by atoms with Crippen LogP contribution in [0.5, 0.6) is 0 Å². The van der Waals surface area contributed by atoms with Gasteiger partial charge in [-0.2, -0.15) is 0 Å². The first-order valence-corrected chi connectivity index (χ1v) is 14.4. The number of thiophene rings is 1. The van der Waals surface area contributed by atoms with E-state index in [0.717, 1.165) is 28.3 Å². The van der Waals surface area contributed by atoms with Gasteiger partial charge in [-0.25, -0.2) is 17.5 Å². The standard InChI is InChI=1S/C25H29ClFN3O5S2/c1-15(2)23(31)22(30-24(32)20-13-16-7-3-4-8-19(16)36-20)25(33)28-11-5-6-12-29-37(34,35)21-10-9-17(27)14-18(21)26/h3-4,7-10,13-15,22-23,29,31H,5-6,11-12H2,1-2H3,(H,28,33)(H,30,32)/t22?,23-/m1/s1. The van der Waals surface area contributed by atoms with E-state index in [-0.39, 0.29) is 28.9 Å². The van der Waals surface area contributed by atoms with E-state index >= 15 is 0 Å². The Morgan fingerprint density at radius 1 is 1.08 bits per heavy atom. The molecule has 1 unspecified atom stereocenters. The van der Waals surface area contributed by atoms with E-state index in [1.807, 2.05) is 24.3 Å². The van der Waals surface area contributed by atoms with Crippen molar-refractivity contribution < 1.29 is 27.5 Å². The van der Waals surface area contributed by atoms with E-state index in [1.54, 1.807) is 19.9 Å². The molecule has 0 saturated heterocycles. The van der Waals surface area contributed by atoms with Crippen LogP contribution in [0.15, 0.2) is 53.4 Å². The molecular weight excluding hydrogens is 541 g/mol. The van der Waals surface area contributed by atoms with Gasteiger partial charge in [-0.3, -0.25) is 9.59 Å². The van der Waals surface area contributed by atoms with Gasteiger partial charge in [-0.1, -0.05) is 43.6 Å². The highest BCUT2D eigenvalue weighted by atomic mass is 35.5. The number of rotatable bonds is 12. The molecule has 3 rings (SSSR count). The molecule has 0 radical (unpaired) electrons. The summed E-state index contributed by atoms with van der Waals surface area (Å²) in [6.45, 7) is 3.77. The molecule has 0 aliphatic rings. The van der Waals surface area contributed by atoms with E-state index < -0.39 is 39.8 Å². The van der Waals surface area contributed by atoms with Crippen molar-refractivity contribution in [1.82, 2.24) is 15.4 Å². The quantitative estimate of drug-likeness (QED) is 0.248. The van der Waals surface area contributed by atoms with Gasteiger partial charge in [-0.05, 0) is 54.5 Å². The molecule has 0 bridgehead atoms. The Labute approximate surface area is 224 Å². The normalized spacial score (nSPS) is 13.5. The Balaban J connectivity index is 1.51. The SMILES string of the molecule is CC(C)[C@@H](O)C(NC(=O)c1cc2ccccc2s1)C(=O)NCCCCNS(=O)(=O)c1ccc(F)cc1Cl. The van der Waals surface area contributed by atoms with Crippen LogP contribution in [0.1, 0.15) is 36.4 Å². The summed E-state index contributed by atoms with van der Waals surface area (Å²) in [6, 6.07) is 11.2. The first kappa shape index (κ1) is 29.0. The van der Waals surface area contributed by atoms with Crippen LogP contribution in [0.25, 0.3) is 10.1 Å². The molecule has 0 aliphatic heterocycles. The molecule has 4 N–H and O–H groups in total. The third-order valence-electron chi connectivity index (χ3n) is 5.62. The number of hydrogen-bond acceptors (Lipinski definition) is 6. The van der Waals surface area contributed by atoms with E-state index in [1.165, 1.54) is 11.3 Å². The lowest BCUT2D eigenvalue weighted by molar-refractivity contribution is -0.126. The third-order valence-corrected chi connectivity index (χ3v) is 8.68. The van der Waals surface area contributed by atoms with Crippen molar-refractivity contribution in [1.29, 1.82) is 0 Å². The number of aliphatic hydroxyl groups is 1. The van der Waals surface area contributed by atoms with Crippen LogP contribution >= 0.6 is 22.9 Å². The average molecular weight is 570 g/mol. The van der Waals surface area contributed by atoms with Crippen molar-refractivity contribution in [2.75, 3.05) is 13.1 Å². The number of nitrogens with one attached hydrogen (secondary N) is 3. The summed E-state index contributed by atoms with van der Waals surface area (Å²) in [4.78, 5) is 25.9. The largest absolute Gasteiger partial charge is 0.390 e. The fourth-order valence-corrected chi connectivity index (χ4v) is 6.12. The van der Waals surface area contributed by atoms with Gasteiger partial charge < -0.3 is 15.7 Å². The first-order valence-electron chi connectivity index (χ1n) is 11.7. The number of unbranched alkanes of at least 4 members (excludes halogenated alkanes) is 1. The zero-order valence-electron chi connectivity index (χ0n) is 20.3. The van der Waals surface area contributed by atoms with Crippen molar-refractivity contribution >= 4 is 54.9 Å². The second-order valence-electron chi connectivity index (χ2n) is 8.80. The molecule has 2 amide bonds. The average Bonchev–Trinajstić information content (AvgIpc) is 3.28. The van der Waals surface area contributed by atoms with Crippen molar-refractivity contribution in [2.45, 2.75) is 43.7 Å². The molecule has 37 heavy (non-hydrogen) atoms. The van der Waals surface area contributed by atoms with Crippen LogP contribution in [0.3, 0.4) is 0 Å². The van der Waals surface area contributed by atoms with Gasteiger partial charge in [0.1, 0.15) is 16.8 Å². The number of aliphatic hydroxyl groups excluding tert-OH is 1. The van der Waals surface area contributed by atoms with E-state index in [4.69, 9.17) is 11.6 Å². The minimum atomic E-state index is -3.91. The number of benzene rings is 2. The van der Waals surface area contributed by atoms with Gasteiger partial charge in [-0.15, -0.1) is 11.3 Å². The molecule has 0 aliphatic carbocycles. The Bertz CT molecular complexity index is 1330. The summed E-state index contributed by atoms with van der Waals surface area (Å²) in [5.74, 6) is -1.91. The Morgan fingerprint density at radius 2 is 1.78 bits per heavy atom. The molecule has 200 valence electrons. The Hall–Kier alpha value is -2.57. The highest BCUT2D eigenvalue weighted by molar-refractivity contribution is 7.89. The van der Waals surface area contributed by atoms with Gasteiger partial charge in [0.15, 0.2) is 0 Å². The van der Waals surface area contributed by atoms with Crippen LogP contribution in [-0.2, 0) is 14.8 Å². The summed E-state index contributed by atoms with van der Waals surface area (Å²) in [5.41, 5.74) is 0. The molecular formula is C25H29ClFN3O5S2. The lowest BCUT2D eigenvalue weighted by Crippen LogP contribution is -2.54. The maximum absolute atomic E-state index is 13.2. The molecule has 0 fully saturated rings. The number of carbonyl (C=O) groups excluding carboxylic acids is 2. The summed E-state index contributed by atoms with van der Waals surface area (Å²) >= 11 is 7.13. The van der Waals surface area contributed by atoms with Gasteiger partial charge in [0.2, 0.25) is 15.9 Å². The second kappa shape index (κ2) is 12.8. The number of hydrogen-bond donors (Lipinski definition) is 4. The number of halogens is 2. The van der Waals surface area contributed by atoms with E-state index in [0.29, 0.717) is 17.7 Å². The molecule has 0 spiro atoms. The van der Waals surface area contributed by atoms with Crippen molar-refractivity contribution in [3.63, 3.8) is 0 Å². The van der Waals surface area contributed by atoms with Crippen LogP contribution < -0.4 is 15.4 Å². The summed E-state index contributed by atoms with van der Waals surface area (Å²) in [7, 11) is -3.91. The maximum Gasteiger partial charge on any atom is 0.262 e. The predicted octanol–water partition coefficient (Wildman–Crippen LogP) is 3.68. The molecule has 3 aromatic rings. The second-order valence-corrected chi connectivity index (χ2v) is 12.0. The van der Waals surface area contributed by atoms with Crippen LogP contribution in [-0.4, -0.2) is 50.6 Å². The fourth-order valence-electron chi connectivity index (χ4n) is 3.55. The van der Waals surface area contributed by atoms with Gasteiger partial charge >= 0.3 is 0 Å². The van der Waals surface area contributed by atoms with E-state index in [2.05, 4.69) is 15.4 Å². The van der Waals surface area contributed by atoms with Crippen LogP contribution in [0.2, 0.25) is 5.02 Å². The molecule has 1 heterocycles. The van der Waals surface area contributed by atoms with Gasteiger partial charge in [0.25, 0.3) is 5.91 Å². The smallest absolute Gasteiger partial charge is 0.262 e. The van der Waals surface area contributed by atoms with Gasteiger partial charge in [0.05, 0.1) is 16.0 Å². The maximum atomic E-state index is 13.2. The minimum Gasteiger partial charge on any atom is -0.390 e. The Kier molecular flexibility index (Phi) is 10.0. The number of carbonyl (C=O) groups is 2. The van der Waals surface area contributed by atoms with Crippen molar-refractivity contribution in [3.8, 4) is 0 Å². The molecule has 2 aromatic carbocycles. The van der Waals surface area contributed by atoms with Crippen LogP contribution in [0.4, 0.5) is 4.39 Å². The highest BCUT2D eigenvalue weighted by Crippen LogP contribution is 2.25. The van der Waals surface area contributed by atoms with Crippen molar-refractivity contribution in [2.24, 2.45) is 5.92 Å².